The molecule has 2 aromatic rings. The smallest absolute Gasteiger partial charge is 0.257 e. The van der Waals surface area contributed by atoms with Crippen LogP contribution in [0.25, 0.3) is 11.1 Å². The molecule has 0 bridgehead atoms. The minimum absolute atomic E-state index is 0.0498. The van der Waals surface area contributed by atoms with Crippen LogP contribution in [-0.2, 0) is 4.74 Å². The molecule has 0 aliphatic rings. The van der Waals surface area contributed by atoms with Gasteiger partial charge in [-0.3, -0.25) is 4.79 Å². The van der Waals surface area contributed by atoms with E-state index in [9.17, 15) is 14.3 Å². The van der Waals surface area contributed by atoms with Crippen molar-refractivity contribution < 1.29 is 14.2 Å². The van der Waals surface area contributed by atoms with Gasteiger partial charge in [0, 0.05) is 18.7 Å². The van der Waals surface area contributed by atoms with Crippen LogP contribution in [0, 0.1) is 5.82 Å². The number of ether oxygens (including phenoxy) is 1. The van der Waals surface area contributed by atoms with E-state index >= 15 is 0 Å². The number of hydrogen-bond donors (Lipinski definition) is 1. The summed E-state index contributed by atoms with van der Waals surface area (Å²) < 4.78 is 20.3. The van der Waals surface area contributed by atoms with Crippen molar-refractivity contribution in [2.75, 3.05) is 7.11 Å². The molecule has 1 heterocycles. The van der Waals surface area contributed by atoms with Crippen molar-refractivity contribution in [2.45, 2.75) is 52.7 Å². The molecule has 1 aromatic heterocycles. The Morgan fingerprint density at radius 2 is 1.64 bits per heavy atom. The van der Waals surface area contributed by atoms with Gasteiger partial charge in [-0.25, -0.2) is 4.39 Å². The van der Waals surface area contributed by atoms with Crippen molar-refractivity contribution in [1.29, 1.82) is 0 Å². The molecule has 1 atom stereocenters. The van der Waals surface area contributed by atoms with Crippen LogP contribution >= 0.6 is 0 Å². The molecule has 4 nitrogen and oxygen atoms in total. The van der Waals surface area contributed by atoms with E-state index in [0.29, 0.717) is 22.4 Å². The zero-order valence-electron chi connectivity index (χ0n) is 15.6. The van der Waals surface area contributed by atoms with Gasteiger partial charge in [-0.1, -0.05) is 26.0 Å². The Bertz CT molecular complexity index is 807. The first-order chi connectivity index (χ1) is 11.7. The minimum Gasteiger partial charge on any atom is -0.505 e. The van der Waals surface area contributed by atoms with E-state index in [1.807, 2.05) is 27.7 Å². The van der Waals surface area contributed by atoms with Gasteiger partial charge in [-0.05, 0) is 44.4 Å². The van der Waals surface area contributed by atoms with Crippen molar-refractivity contribution in [2.24, 2.45) is 0 Å². The number of methoxy groups -OCH3 is 1. The Balaban J connectivity index is 2.98. The van der Waals surface area contributed by atoms with Gasteiger partial charge in [0.15, 0.2) is 0 Å². The molecule has 0 saturated carbocycles. The number of rotatable bonds is 5. The van der Waals surface area contributed by atoms with Crippen LogP contribution < -0.4 is 5.56 Å². The van der Waals surface area contributed by atoms with Crippen LogP contribution in [0.2, 0.25) is 0 Å². The number of halogens is 1. The summed E-state index contributed by atoms with van der Waals surface area (Å²) in [6.45, 7) is 9.45. The van der Waals surface area contributed by atoms with Crippen molar-refractivity contribution >= 4 is 0 Å². The second-order valence-electron chi connectivity index (χ2n) is 6.83. The van der Waals surface area contributed by atoms with Gasteiger partial charge in [0.2, 0.25) is 0 Å². The number of aromatic hydroxyl groups is 1. The molecule has 136 valence electrons. The van der Waals surface area contributed by atoms with Crippen molar-refractivity contribution in [3.05, 3.63) is 51.7 Å². The molecule has 1 N–H and O–H groups in total. The summed E-state index contributed by atoms with van der Waals surface area (Å²) >= 11 is 0. The molecule has 0 radical (unpaired) electrons. The fourth-order valence-electron chi connectivity index (χ4n) is 3.18. The maximum absolute atomic E-state index is 13.3. The summed E-state index contributed by atoms with van der Waals surface area (Å²) in [5, 5.41) is 11.1. The van der Waals surface area contributed by atoms with Crippen LogP contribution in [0.15, 0.2) is 29.1 Å². The number of nitrogens with zero attached hydrogens (tertiary/aromatic N) is 1. The van der Waals surface area contributed by atoms with E-state index in [1.54, 1.807) is 23.6 Å². The van der Waals surface area contributed by atoms with E-state index in [2.05, 4.69) is 0 Å². The predicted molar refractivity (Wildman–Crippen MR) is 97.7 cm³/mol. The molecule has 1 unspecified atom stereocenters. The SMILES string of the molecule is COC(C)c1c(-c2ccc(F)cc2)c(O)c(C(C)C)n(C(C)C)c1=O. The molecule has 0 saturated heterocycles. The zero-order valence-corrected chi connectivity index (χ0v) is 15.6. The lowest BCUT2D eigenvalue weighted by atomic mass is 9.93. The molecular weight excluding hydrogens is 321 g/mol. The highest BCUT2D eigenvalue weighted by molar-refractivity contribution is 5.75. The molecule has 0 amide bonds. The molecule has 2 rings (SSSR count). The van der Waals surface area contributed by atoms with E-state index in [4.69, 9.17) is 4.74 Å². The zero-order chi connectivity index (χ0) is 18.9. The normalized spacial score (nSPS) is 12.8. The summed E-state index contributed by atoms with van der Waals surface area (Å²) in [5.41, 5.74) is 1.77. The molecule has 1 aromatic carbocycles. The monoisotopic (exact) mass is 347 g/mol. The molecule has 5 heteroatoms. The lowest BCUT2D eigenvalue weighted by Crippen LogP contribution is -2.31. The fraction of sp³-hybridized carbons (Fsp3) is 0.450. The largest absolute Gasteiger partial charge is 0.505 e. The Kier molecular flexibility index (Phi) is 5.68. The van der Waals surface area contributed by atoms with Crippen molar-refractivity contribution in [1.82, 2.24) is 4.57 Å². The van der Waals surface area contributed by atoms with Gasteiger partial charge in [0.05, 0.1) is 17.4 Å². The second-order valence-corrected chi connectivity index (χ2v) is 6.83. The van der Waals surface area contributed by atoms with Crippen LogP contribution in [0.4, 0.5) is 4.39 Å². The highest BCUT2D eigenvalue weighted by Crippen LogP contribution is 2.40. The first-order valence-electron chi connectivity index (χ1n) is 8.50. The highest BCUT2D eigenvalue weighted by Gasteiger charge is 2.28. The highest BCUT2D eigenvalue weighted by atomic mass is 19.1. The maximum atomic E-state index is 13.3. The summed E-state index contributed by atoms with van der Waals surface area (Å²) in [4.78, 5) is 13.2. The van der Waals surface area contributed by atoms with Gasteiger partial charge in [0.25, 0.3) is 5.56 Å². The van der Waals surface area contributed by atoms with E-state index in [-0.39, 0.29) is 29.1 Å². The quantitative estimate of drug-likeness (QED) is 0.847. The third-order valence-corrected chi connectivity index (χ3v) is 4.41. The average Bonchev–Trinajstić information content (AvgIpc) is 2.55. The molecule has 0 aliphatic heterocycles. The predicted octanol–water partition coefficient (Wildman–Crippen LogP) is 4.77. The standard InChI is InChI=1S/C20H26FNO3/c1-11(2)18-19(23)17(14-7-9-15(21)10-8-14)16(13(5)25-6)20(24)22(18)12(3)4/h7-13,23H,1-6H3. The Morgan fingerprint density at radius 1 is 1.08 bits per heavy atom. The third kappa shape index (κ3) is 3.47. The lowest BCUT2D eigenvalue weighted by molar-refractivity contribution is 0.118. The van der Waals surface area contributed by atoms with Gasteiger partial charge < -0.3 is 14.4 Å². The van der Waals surface area contributed by atoms with E-state index in [0.717, 1.165) is 0 Å². The number of hydrogen-bond acceptors (Lipinski definition) is 3. The average molecular weight is 347 g/mol. The summed E-state index contributed by atoms with van der Waals surface area (Å²) in [6.07, 6.45) is -0.510. The summed E-state index contributed by atoms with van der Waals surface area (Å²) in [6, 6.07) is 5.66. The molecule has 0 aliphatic carbocycles. The summed E-state index contributed by atoms with van der Waals surface area (Å²) in [7, 11) is 1.52. The Morgan fingerprint density at radius 3 is 2.08 bits per heavy atom. The Labute approximate surface area is 147 Å². The minimum atomic E-state index is -0.510. The van der Waals surface area contributed by atoms with Crippen LogP contribution in [-0.4, -0.2) is 16.8 Å². The maximum Gasteiger partial charge on any atom is 0.257 e. The molecule has 25 heavy (non-hydrogen) atoms. The van der Waals surface area contributed by atoms with Gasteiger partial charge >= 0.3 is 0 Å². The lowest BCUT2D eigenvalue weighted by Gasteiger charge is -2.26. The van der Waals surface area contributed by atoms with Crippen molar-refractivity contribution in [3.8, 4) is 16.9 Å². The third-order valence-electron chi connectivity index (χ3n) is 4.41. The fourth-order valence-corrected chi connectivity index (χ4v) is 3.18. The number of pyridine rings is 1. The van der Waals surface area contributed by atoms with Crippen LogP contribution in [0.1, 0.15) is 63.9 Å². The molecular formula is C20H26FNO3. The number of benzene rings is 1. The molecule has 0 fully saturated rings. The van der Waals surface area contributed by atoms with Gasteiger partial charge in [-0.2, -0.15) is 0 Å². The topological polar surface area (TPSA) is 51.5 Å². The first-order valence-corrected chi connectivity index (χ1v) is 8.50. The van der Waals surface area contributed by atoms with Gasteiger partial charge in [0.1, 0.15) is 11.6 Å². The van der Waals surface area contributed by atoms with E-state index in [1.165, 1.54) is 19.2 Å². The van der Waals surface area contributed by atoms with E-state index < -0.39 is 6.10 Å². The Hall–Kier alpha value is -2.14. The second kappa shape index (κ2) is 7.40. The van der Waals surface area contributed by atoms with Crippen LogP contribution in [0.3, 0.4) is 0 Å². The van der Waals surface area contributed by atoms with Crippen molar-refractivity contribution in [3.63, 3.8) is 0 Å². The molecule has 0 spiro atoms. The first kappa shape index (κ1) is 19.2. The summed E-state index contributed by atoms with van der Waals surface area (Å²) in [5.74, 6) is -0.376. The number of aromatic nitrogens is 1. The van der Waals surface area contributed by atoms with Gasteiger partial charge in [-0.15, -0.1) is 0 Å². The van der Waals surface area contributed by atoms with Crippen LogP contribution in [0.5, 0.6) is 5.75 Å².